The predicted octanol–water partition coefficient (Wildman–Crippen LogP) is 8.79. The van der Waals surface area contributed by atoms with E-state index in [1.54, 1.807) is 7.11 Å². The maximum atomic E-state index is 14.3. The largest absolute Gasteiger partial charge is 0.496 e. The fourth-order valence-corrected chi connectivity index (χ4v) is 7.64. The molecule has 3 unspecified atom stereocenters. The van der Waals surface area contributed by atoms with Crippen LogP contribution in [0.5, 0.6) is 5.75 Å². The van der Waals surface area contributed by atoms with Gasteiger partial charge in [-0.3, -0.25) is 0 Å². The van der Waals surface area contributed by atoms with Crippen molar-refractivity contribution in [1.29, 1.82) is 0 Å². The summed E-state index contributed by atoms with van der Waals surface area (Å²) in [5.74, 6) is 0.534. The number of hydrogen-bond donors (Lipinski definition) is 1. The average Bonchev–Trinajstić information content (AvgIpc) is 3.03. The van der Waals surface area contributed by atoms with Crippen molar-refractivity contribution in [3.05, 3.63) is 53.8 Å². The minimum atomic E-state index is -0.515. The summed E-state index contributed by atoms with van der Waals surface area (Å²) in [5, 5.41) is 3.18. The lowest BCUT2D eigenvalue weighted by Gasteiger charge is -2.49. The van der Waals surface area contributed by atoms with Gasteiger partial charge in [0.1, 0.15) is 28.9 Å². The van der Waals surface area contributed by atoms with Crippen molar-refractivity contribution in [2.45, 2.75) is 114 Å². The van der Waals surface area contributed by atoms with Gasteiger partial charge in [-0.1, -0.05) is 120 Å². The van der Waals surface area contributed by atoms with E-state index in [2.05, 4.69) is 12.2 Å². The first-order valence-corrected chi connectivity index (χ1v) is 18.0. The first-order valence-electron chi connectivity index (χ1n) is 17.0. The van der Waals surface area contributed by atoms with E-state index in [0.717, 1.165) is 25.1 Å². The fraction of sp³-hybridized carbons (Fsp3) is 0.667. The number of rotatable bonds is 22. The first kappa shape index (κ1) is 36.2. The van der Waals surface area contributed by atoms with Crippen molar-refractivity contribution in [1.82, 2.24) is 5.32 Å². The highest BCUT2D eigenvalue weighted by Gasteiger charge is 2.54. The number of methoxy groups -OCH3 is 2. The number of hydrogen-bond acceptors (Lipinski definition) is 6. The molecule has 1 N–H and O–H groups in total. The van der Waals surface area contributed by atoms with E-state index >= 15 is 0 Å². The molecular formula is C36H57N2O5S+. The number of carbonyl (C=O) groups excluding carboxylic acids is 2. The van der Waals surface area contributed by atoms with Crippen molar-refractivity contribution in [2.75, 3.05) is 40.5 Å². The molecular weight excluding hydrogens is 572 g/mol. The molecule has 0 bridgehead atoms. The number of nitrogens with one attached hydrogen (secondary N) is 1. The van der Waals surface area contributed by atoms with E-state index in [-0.39, 0.29) is 22.3 Å². The number of amides is 2. The maximum Gasteiger partial charge on any atom is 0.407 e. The number of benzene rings is 1. The minimum Gasteiger partial charge on any atom is -0.496 e. The number of carbonyl (C=O) groups is 2. The molecule has 2 aliphatic rings. The van der Waals surface area contributed by atoms with Gasteiger partial charge < -0.3 is 19.5 Å². The predicted molar refractivity (Wildman–Crippen MR) is 181 cm³/mol. The lowest BCUT2D eigenvalue weighted by Crippen LogP contribution is -2.63. The standard InChI is InChI=1S/C36H56N2O5S/c1-4-5-6-7-8-9-10-11-12-13-14-15-16-21-26-43-29-31-27-34(44-31)38(35(39)32-23-17-18-24-33(32)41-2)25-20-19-22-30(38)28-37-36(40)42-3/h17-20,22-24,31,34H,4-16,21,25-29H2,1-3H3/p+1. The number of nitrogens with zero attached hydrogens (tertiary/aromatic N) is 1. The zero-order valence-electron chi connectivity index (χ0n) is 27.5. The molecule has 7 nitrogen and oxygen atoms in total. The Kier molecular flexibility index (Phi) is 17.0. The number of quaternary nitrogens is 1. The number of allylic oxidation sites excluding steroid dienone is 2. The summed E-state index contributed by atoms with van der Waals surface area (Å²) < 4.78 is 16.6. The van der Waals surface area contributed by atoms with E-state index in [1.807, 2.05) is 54.3 Å². The van der Waals surface area contributed by atoms with Crippen LogP contribution in [0.15, 0.2) is 48.2 Å². The average molecular weight is 630 g/mol. The number of ether oxygens (including phenoxy) is 3. The number of unbranched alkanes of at least 4 members (excludes halogenated alkanes) is 13. The summed E-state index contributed by atoms with van der Waals surface area (Å²) in [6.07, 6.45) is 25.3. The molecule has 0 radical (unpaired) electrons. The van der Waals surface area contributed by atoms with Gasteiger partial charge in [-0.15, -0.1) is 0 Å². The molecule has 44 heavy (non-hydrogen) atoms. The minimum absolute atomic E-state index is 0.0241. The van der Waals surface area contributed by atoms with Crippen LogP contribution < -0.4 is 10.1 Å². The molecule has 246 valence electrons. The summed E-state index contributed by atoms with van der Waals surface area (Å²) >= 11 is 1.81. The number of thioether (sulfide) groups is 1. The molecule has 0 aliphatic carbocycles. The molecule has 1 fully saturated rings. The highest BCUT2D eigenvalue weighted by atomic mass is 32.2. The van der Waals surface area contributed by atoms with Crippen molar-refractivity contribution in [2.24, 2.45) is 0 Å². The van der Waals surface area contributed by atoms with Gasteiger partial charge in [0.15, 0.2) is 0 Å². The van der Waals surface area contributed by atoms with Crippen LogP contribution in [0.4, 0.5) is 4.79 Å². The second-order valence-corrected chi connectivity index (χ2v) is 13.6. The second-order valence-electron chi connectivity index (χ2n) is 12.1. The fourth-order valence-electron chi connectivity index (χ4n) is 6.21. The SMILES string of the molecule is CCCCCCCCCCCCCCCCOCC1CC([N+]2(C(=O)c3ccccc3OC)CC=CC=C2CNC(=O)OC)S1. The monoisotopic (exact) mass is 629 g/mol. The van der Waals surface area contributed by atoms with Crippen molar-refractivity contribution < 1.29 is 28.3 Å². The molecule has 1 aromatic rings. The number of para-hydroxylation sites is 1. The maximum absolute atomic E-state index is 14.3. The highest BCUT2D eigenvalue weighted by Crippen LogP contribution is 2.47. The topological polar surface area (TPSA) is 73.9 Å². The third-order valence-corrected chi connectivity index (χ3v) is 10.5. The van der Waals surface area contributed by atoms with E-state index in [1.165, 1.54) is 90.6 Å². The van der Waals surface area contributed by atoms with Crippen LogP contribution >= 0.6 is 11.8 Å². The molecule has 3 rings (SSSR count). The quantitative estimate of drug-likeness (QED) is 0.102. The van der Waals surface area contributed by atoms with Crippen LogP contribution in [0.2, 0.25) is 0 Å². The Morgan fingerprint density at radius 2 is 1.52 bits per heavy atom. The molecule has 0 aromatic heterocycles. The zero-order valence-corrected chi connectivity index (χ0v) is 28.3. The molecule has 0 saturated carbocycles. The summed E-state index contributed by atoms with van der Waals surface area (Å²) in [6, 6.07) is 7.38. The van der Waals surface area contributed by atoms with Gasteiger partial charge in [-0.2, -0.15) is 0 Å². The summed E-state index contributed by atoms with van der Waals surface area (Å²) in [6.45, 7) is 4.54. The van der Waals surface area contributed by atoms with Crippen molar-refractivity contribution >= 4 is 23.8 Å². The van der Waals surface area contributed by atoms with E-state index < -0.39 is 6.09 Å². The van der Waals surface area contributed by atoms with E-state index in [9.17, 15) is 9.59 Å². The Labute approximate surface area is 270 Å². The highest BCUT2D eigenvalue weighted by molar-refractivity contribution is 8.01. The summed E-state index contributed by atoms with van der Waals surface area (Å²) in [7, 11) is 2.93. The first-order chi connectivity index (χ1) is 21.6. The molecule has 3 atom stereocenters. The Bertz CT molecular complexity index is 1050. The van der Waals surface area contributed by atoms with Gasteiger partial charge >= 0.3 is 12.0 Å². The van der Waals surface area contributed by atoms with Gasteiger partial charge in [-0.25, -0.2) is 14.1 Å². The van der Waals surface area contributed by atoms with E-state index in [0.29, 0.717) is 29.7 Å². The molecule has 2 aliphatic heterocycles. The Morgan fingerprint density at radius 3 is 2.14 bits per heavy atom. The Balaban J connectivity index is 1.39. The van der Waals surface area contributed by atoms with Gasteiger partial charge in [-0.05, 0) is 30.7 Å². The number of alkyl carbamates (subject to hydrolysis) is 1. The smallest absolute Gasteiger partial charge is 0.407 e. The van der Waals surface area contributed by atoms with Crippen LogP contribution in [0.25, 0.3) is 0 Å². The van der Waals surface area contributed by atoms with Crippen LogP contribution in [0, 0.1) is 0 Å². The van der Waals surface area contributed by atoms with Crippen LogP contribution in [0.3, 0.4) is 0 Å². The second kappa shape index (κ2) is 20.7. The molecule has 1 saturated heterocycles. The normalized spacial score (nSPS) is 20.9. The third-order valence-electron chi connectivity index (χ3n) is 8.88. The molecule has 1 aromatic carbocycles. The Morgan fingerprint density at radius 1 is 0.909 bits per heavy atom. The zero-order chi connectivity index (χ0) is 31.5. The van der Waals surface area contributed by atoms with Crippen molar-refractivity contribution in [3.63, 3.8) is 0 Å². The summed E-state index contributed by atoms with van der Waals surface area (Å²) in [4.78, 5) is 26.2. The summed E-state index contributed by atoms with van der Waals surface area (Å²) in [5.41, 5.74) is 1.39. The van der Waals surface area contributed by atoms with E-state index in [4.69, 9.17) is 14.2 Å². The van der Waals surface area contributed by atoms with Gasteiger partial charge in [0, 0.05) is 18.3 Å². The molecule has 2 heterocycles. The van der Waals surface area contributed by atoms with Crippen molar-refractivity contribution in [3.8, 4) is 5.75 Å². The van der Waals surface area contributed by atoms with Crippen LogP contribution in [-0.2, 0) is 9.47 Å². The van der Waals surface area contributed by atoms with Crippen LogP contribution in [0.1, 0.15) is 114 Å². The molecule has 0 spiro atoms. The molecule has 2 amide bonds. The van der Waals surface area contributed by atoms with Gasteiger partial charge in [0.2, 0.25) is 0 Å². The van der Waals surface area contributed by atoms with Gasteiger partial charge in [0.05, 0.1) is 27.4 Å². The van der Waals surface area contributed by atoms with Gasteiger partial charge in [0.25, 0.3) is 0 Å². The lowest BCUT2D eigenvalue weighted by atomic mass is 10.0. The lowest BCUT2D eigenvalue weighted by molar-refractivity contribution is -0.818. The van der Waals surface area contributed by atoms with Crippen LogP contribution in [-0.4, -0.2) is 67.6 Å². The Hall–Kier alpha value is -2.29. The third kappa shape index (κ3) is 11.0. The molecule has 8 heteroatoms.